The van der Waals surface area contributed by atoms with E-state index in [0.717, 1.165) is 43.0 Å². The van der Waals surface area contributed by atoms with Crippen molar-refractivity contribution in [3.8, 4) is 0 Å². The van der Waals surface area contributed by atoms with Gasteiger partial charge in [0.05, 0.1) is 20.1 Å². The number of hydrogen-bond donors (Lipinski definition) is 2. The molecule has 1 aliphatic rings. The molecule has 1 atom stereocenters. The number of rotatable bonds is 21. The molecule has 0 aromatic heterocycles. The van der Waals surface area contributed by atoms with Crippen molar-refractivity contribution in [2.24, 2.45) is 0 Å². The van der Waals surface area contributed by atoms with Gasteiger partial charge in [0.2, 0.25) is 0 Å². The van der Waals surface area contributed by atoms with E-state index in [2.05, 4.69) is 19.3 Å². The molecule has 0 bridgehead atoms. The minimum Gasteiger partial charge on any atom is -1.00 e. The lowest BCUT2D eigenvalue weighted by molar-refractivity contribution is -0.913. The lowest BCUT2D eigenvalue weighted by Gasteiger charge is -2.39. The molecule has 3 nitrogen and oxygen atoms in total. The zero-order valence-electron chi connectivity index (χ0n) is 21.0. The Morgan fingerprint density at radius 2 is 1.16 bits per heavy atom. The van der Waals surface area contributed by atoms with Crippen molar-refractivity contribution < 1.29 is 33.6 Å². The molecular weight excluding hydrogens is 515 g/mol. The Morgan fingerprint density at radius 3 is 1.61 bits per heavy atom. The van der Waals surface area contributed by atoms with Crippen LogP contribution in [-0.4, -0.2) is 67.0 Å². The third-order valence-corrected chi connectivity index (χ3v) is 7.96. The average molecular weight is 571 g/mol. The second-order valence-corrected chi connectivity index (χ2v) is 11.2. The standard InChI is InChI=1S/C26H55N2OS.HI/c1-3-4-5-6-7-8-9-10-11-12-13-14-15-16-17-18-23-30-25-26(29)24-28(2)21-19-27-20-22-28;/h26-27,29H,3-25H2,1-2H3;1H/q+1;/p-1. The van der Waals surface area contributed by atoms with Crippen LogP contribution in [0.1, 0.15) is 110 Å². The monoisotopic (exact) mass is 570 g/mol. The van der Waals surface area contributed by atoms with Crippen molar-refractivity contribution in [2.45, 2.75) is 116 Å². The second-order valence-electron chi connectivity index (χ2n) is 10.0. The fourth-order valence-electron chi connectivity index (χ4n) is 4.65. The van der Waals surface area contributed by atoms with Crippen LogP contribution < -0.4 is 29.3 Å². The van der Waals surface area contributed by atoms with E-state index >= 15 is 0 Å². The third kappa shape index (κ3) is 20.1. The summed E-state index contributed by atoms with van der Waals surface area (Å²) in [4.78, 5) is 0. The summed E-state index contributed by atoms with van der Waals surface area (Å²) in [7, 11) is 2.30. The fourth-order valence-corrected chi connectivity index (χ4v) is 5.60. The van der Waals surface area contributed by atoms with Gasteiger partial charge in [-0.2, -0.15) is 11.8 Å². The van der Waals surface area contributed by atoms with Crippen molar-refractivity contribution in [1.29, 1.82) is 0 Å². The van der Waals surface area contributed by atoms with Gasteiger partial charge in [-0.05, 0) is 12.2 Å². The third-order valence-electron chi connectivity index (χ3n) is 6.76. The molecular formula is C26H55IN2OS. The van der Waals surface area contributed by atoms with E-state index in [1.54, 1.807) is 0 Å². The number of aliphatic hydroxyl groups excluding tert-OH is 1. The van der Waals surface area contributed by atoms with Crippen LogP contribution in [0.5, 0.6) is 0 Å². The summed E-state index contributed by atoms with van der Waals surface area (Å²) >= 11 is 1.96. The molecule has 0 aromatic carbocycles. The molecule has 0 radical (unpaired) electrons. The number of aliphatic hydroxyl groups is 1. The number of unbranched alkanes of at least 4 members (excludes halogenated alkanes) is 15. The van der Waals surface area contributed by atoms with Crippen molar-refractivity contribution in [3.63, 3.8) is 0 Å². The van der Waals surface area contributed by atoms with Crippen LogP contribution in [0.4, 0.5) is 0 Å². The number of piperazine rings is 1. The average Bonchev–Trinajstić information content (AvgIpc) is 2.73. The molecule has 2 N–H and O–H groups in total. The fraction of sp³-hybridized carbons (Fsp3) is 1.00. The summed E-state index contributed by atoms with van der Waals surface area (Å²) in [6, 6.07) is 0. The molecule has 0 aromatic rings. The Morgan fingerprint density at radius 1 is 0.742 bits per heavy atom. The van der Waals surface area contributed by atoms with Gasteiger partial charge < -0.3 is 38.9 Å². The van der Waals surface area contributed by atoms with E-state index in [9.17, 15) is 5.11 Å². The zero-order chi connectivity index (χ0) is 21.8. The van der Waals surface area contributed by atoms with Crippen LogP contribution in [0, 0.1) is 0 Å². The van der Waals surface area contributed by atoms with Crippen molar-refractivity contribution in [1.82, 2.24) is 5.32 Å². The normalized spacial score (nSPS) is 16.7. The van der Waals surface area contributed by atoms with E-state index < -0.39 is 0 Å². The molecule has 0 amide bonds. The van der Waals surface area contributed by atoms with E-state index in [4.69, 9.17) is 0 Å². The van der Waals surface area contributed by atoms with E-state index in [0.29, 0.717) is 0 Å². The molecule has 0 aliphatic carbocycles. The van der Waals surface area contributed by atoms with Crippen LogP contribution in [0.25, 0.3) is 0 Å². The second kappa shape index (κ2) is 22.7. The van der Waals surface area contributed by atoms with Gasteiger partial charge in [0.1, 0.15) is 12.6 Å². The minimum absolute atomic E-state index is 0. The van der Waals surface area contributed by atoms with Gasteiger partial charge >= 0.3 is 0 Å². The summed E-state index contributed by atoms with van der Waals surface area (Å²) in [5.41, 5.74) is 0. The molecule has 0 spiro atoms. The van der Waals surface area contributed by atoms with Crippen molar-refractivity contribution >= 4 is 11.8 Å². The number of thioether (sulfide) groups is 1. The number of likely N-dealkylation sites (N-methyl/N-ethyl adjacent to an activating group) is 1. The van der Waals surface area contributed by atoms with Gasteiger partial charge in [0.15, 0.2) is 0 Å². The first-order valence-corrected chi connectivity index (χ1v) is 14.6. The Hall–Kier alpha value is 0.960. The summed E-state index contributed by atoms with van der Waals surface area (Å²) in [6.45, 7) is 7.71. The maximum Gasteiger partial charge on any atom is 0.112 e. The smallest absolute Gasteiger partial charge is 0.112 e. The number of hydrogen-bond acceptors (Lipinski definition) is 3. The lowest BCUT2D eigenvalue weighted by atomic mass is 10.0. The molecule has 1 heterocycles. The summed E-state index contributed by atoms with van der Waals surface area (Å²) in [6.07, 6.45) is 22.8. The van der Waals surface area contributed by atoms with Crippen LogP contribution in [-0.2, 0) is 0 Å². The molecule has 1 aliphatic heterocycles. The highest BCUT2D eigenvalue weighted by atomic mass is 127. The molecule has 1 fully saturated rings. The molecule has 1 rings (SSSR count). The Balaban J connectivity index is 0.00000900. The van der Waals surface area contributed by atoms with Gasteiger partial charge in [-0.3, -0.25) is 0 Å². The van der Waals surface area contributed by atoms with Crippen LogP contribution >= 0.6 is 11.8 Å². The first-order valence-electron chi connectivity index (χ1n) is 13.5. The Labute approximate surface area is 216 Å². The van der Waals surface area contributed by atoms with Gasteiger partial charge in [-0.15, -0.1) is 0 Å². The highest BCUT2D eigenvalue weighted by Crippen LogP contribution is 2.15. The Kier molecular flexibility index (Phi) is 23.4. The maximum atomic E-state index is 10.3. The molecule has 188 valence electrons. The SMILES string of the molecule is CCCCCCCCCCCCCCCCCCSCC(O)C[N+]1(C)CCNCC1.[I-]. The Bertz CT molecular complexity index is 367. The van der Waals surface area contributed by atoms with Gasteiger partial charge in [0, 0.05) is 18.8 Å². The predicted molar refractivity (Wildman–Crippen MR) is 137 cm³/mol. The first kappa shape index (κ1) is 32.0. The van der Waals surface area contributed by atoms with E-state index in [-0.39, 0.29) is 30.1 Å². The lowest BCUT2D eigenvalue weighted by Crippen LogP contribution is -3.00. The largest absolute Gasteiger partial charge is 1.00 e. The van der Waals surface area contributed by atoms with Crippen LogP contribution in [0.3, 0.4) is 0 Å². The molecule has 5 heteroatoms. The highest BCUT2D eigenvalue weighted by Gasteiger charge is 2.27. The van der Waals surface area contributed by atoms with Crippen LogP contribution in [0.2, 0.25) is 0 Å². The van der Waals surface area contributed by atoms with Crippen molar-refractivity contribution in [2.75, 3.05) is 51.3 Å². The summed E-state index contributed by atoms with van der Waals surface area (Å²) in [5, 5.41) is 13.8. The number of nitrogens with one attached hydrogen (secondary N) is 1. The molecule has 0 saturated carbocycles. The van der Waals surface area contributed by atoms with Gasteiger partial charge in [0.25, 0.3) is 0 Å². The van der Waals surface area contributed by atoms with Gasteiger partial charge in [-0.1, -0.05) is 103 Å². The number of nitrogens with zero attached hydrogens (tertiary/aromatic N) is 1. The van der Waals surface area contributed by atoms with Crippen LogP contribution in [0.15, 0.2) is 0 Å². The van der Waals surface area contributed by atoms with Crippen molar-refractivity contribution in [3.05, 3.63) is 0 Å². The number of halogens is 1. The van der Waals surface area contributed by atoms with E-state index in [1.165, 1.54) is 108 Å². The zero-order valence-corrected chi connectivity index (χ0v) is 24.0. The maximum absolute atomic E-state index is 10.3. The van der Waals surface area contributed by atoms with Gasteiger partial charge in [-0.25, -0.2) is 0 Å². The first-order chi connectivity index (χ1) is 14.7. The molecule has 1 unspecified atom stereocenters. The quantitative estimate of drug-likeness (QED) is 0.126. The summed E-state index contributed by atoms with van der Waals surface area (Å²) in [5.74, 6) is 2.14. The predicted octanol–water partition coefficient (Wildman–Crippen LogP) is 3.40. The minimum atomic E-state index is -0.140. The number of quaternary nitrogens is 1. The highest BCUT2D eigenvalue weighted by molar-refractivity contribution is 7.99. The van der Waals surface area contributed by atoms with E-state index in [1.807, 2.05) is 11.8 Å². The molecule has 31 heavy (non-hydrogen) atoms. The summed E-state index contributed by atoms with van der Waals surface area (Å²) < 4.78 is 1.04. The topological polar surface area (TPSA) is 32.3 Å². The molecule has 1 saturated heterocycles.